The summed E-state index contributed by atoms with van der Waals surface area (Å²) in [5, 5.41) is 8.52. The number of nitrogens with zero attached hydrogens (tertiary/aromatic N) is 1. The lowest BCUT2D eigenvalue weighted by Crippen LogP contribution is -2.44. The third-order valence-corrected chi connectivity index (χ3v) is 1.40. The molecule has 60 valence electrons. The third-order valence-electron chi connectivity index (χ3n) is 1.40. The summed E-state index contributed by atoms with van der Waals surface area (Å²) in [5.41, 5.74) is 5.47. The van der Waals surface area contributed by atoms with Crippen LogP contribution in [0.25, 0.3) is 0 Å². The van der Waals surface area contributed by atoms with Gasteiger partial charge in [-0.1, -0.05) is 6.92 Å². The third kappa shape index (κ3) is 2.23. The molecule has 0 aromatic rings. The molecule has 0 bridgehead atoms. The Balaban J connectivity index is 3.92. The van der Waals surface area contributed by atoms with E-state index in [1.54, 1.807) is 6.92 Å². The van der Waals surface area contributed by atoms with Gasteiger partial charge < -0.3 is 10.8 Å². The lowest BCUT2D eigenvalue weighted by Gasteiger charge is -2.23. The van der Waals surface area contributed by atoms with Crippen molar-refractivity contribution in [1.29, 1.82) is 0 Å². The summed E-state index contributed by atoms with van der Waals surface area (Å²) in [5.74, 6) is 0. The maximum atomic E-state index is 10.4. The number of carboxylic acid groups (broad SMARTS) is 1. The molecular weight excluding hydrogens is 132 g/mol. The van der Waals surface area contributed by atoms with E-state index < -0.39 is 6.09 Å². The van der Waals surface area contributed by atoms with Gasteiger partial charge in [0, 0.05) is 6.54 Å². The van der Waals surface area contributed by atoms with E-state index >= 15 is 0 Å². The van der Waals surface area contributed by atoms with Gasteiger partial charge in [0.25, 0.3) is 0 Å². The summed E-state index contributed by atoms with van der Waals surface area (Å²) >= 11 is 0. The molecule has 0 fully saturated rings. The average molecular weight is 146 g/mol. The highest BCUT2D eigenvalue weighted by Crippen LogP contribution is 1.96. The molecular formula is C6H14N2O2. The van der Waals surface area contributed by atoms with E-state index in [1.807, 2.05) is 6.92 Å². The maximum Gasteiger partial charge on any atom is 0.408 e. The van der Waals surface area contributed by atoms with Crippen molar-refractivity contribution in [1.82, 2.24) is 4.90 Å². The molecule has 0 rings (SSSR count). The monoisotopic (exact) mass is 146 g/mol. The molecule has 0 radical (unpaired) electrons. The van der Waals surface area contributed by atoms with Crippen molar-refractivity contribution in [3.63, 3.8) is 0 Å². The van der Waals surface area contributed by atoms with Crippen molar-refractivity contribution in [3.05, 3.63) is 0 Å². The van der Waals surface area contributed by atoms with Gasteiger partial charge in [0.15, 0.2) is 0 Å². The summed E-state index contributed by atoms with van der Waals surface area (Å²) < 4.78 is 0. The van der Waals surface area contributed by atoms with Crippen LogP contribution in [0, 0.1) is 0 Å². The average Bonchev–Trinajstić information content (AvgIpc) is 1.88. The van der Waals surface area contributed by atoms with Crippen LogP contribution in [0.15, 0.2) is 0 Å². The summed E-state index contributed by atoms with van der Waals surface area (Å²) in [6.45, 7) is 4.07. The van der Waals surface area contributed by atoms with Crippen LogP contribution in [0.4, 0.5) is 4.79 Å². The van der Waals surface area contributed by atoms with Gasteiger partial charge in [0.2, 0.25) is 0 Å². The number of hydrogen-bond donors (Lipinski definition) is 2. The van der Waals surface area contributed by atoms with Crippen LogP contribution in [0.3, 0.4) is 0 Å². The number of hydrogen-bond acceptors (Lipinski definition) is 2. The minimum atomic E-state index is -0.947. The Morgan fingerprint density at radius 3 is 2.30 bits per heavy atom. The molecule has 0 aromatic heterocycles. The molecule has 1 unspecified atom stereocenters. The quantitative estimate of drug-likeness (QED) is 0.575. The zero-order valence-electron chi connectivity index (χ0n) is 6.37. The smallest absolute Gasteiger partial charge is 0.408 e. The van der Waals surface area contributed by atoms with Gasteiger partial charge in [-0.05, 0) is 13.3 Å². The summed E-state index contributed by atoms with van der Waals surface area (Å²) in [4.78, 5) is 11.6. The van der Waals surface area contributed by atoms with E-state index in [1.165, 1.54) is 4.90 Å². The number of amides is 1. The molecule has 0 spiro atoms. The van der Waals surface area contributed by atoms with Gasteiger partial charge in [-0.15, -0.1) is 0 Å². The molecule has 0 aliphatic heterocycles. The molecule has 1 atom stereocenters. The molecule has 0 heterocycles. The van der Waals surface area contributed by atoms with Gasteiger partial charge in [0.05, 0.1) is 6.17 Å². The van der Waals surface area contributed by atoms with Crippen molar-refractivity contribution < 1.29 is 9.90 Å². The lowest BCUT2D eigenvalue weighted by molar-refractivity contribution is 0.127. The fraction of sp³-hybridized carbons (Fsp3) is 0.833. The summed E-state index contributed by atoms with van der Waals surface area (Å²) in [6, 6.07) is 0. The first kappa shape index (κ1) is 9.23. The molecule has 4 nitrogen and oxygen atoms in total. The predicted octanol–water partition coefficient (Wildman–Crippen LogP) is 0.681. The SMILES string of the molecule is CCC(N)N(CC)C(=O)O. The van der Waals surface area contributed by atoms with Crippen molar-refractivity contribution in [2.45, 2.75) is 26.4 Å². The predicted molar refractivity (Wildman–Crippen MR) is 38.7 cm³/mol. The fourth-order valence-corrected chi connectivity index (χ4v) is 0.732. The molecule has 0 saturated heterocycles. The van der Waals surface area contributed by atoms with Crippen molar-refractivity contribution in [2.75, 3.05) is 6.54 Å². The first-order valence-electron chi connectivity index (χ1n) is 3.38. The Kier molecular flexibility index (Phi) is 3.79. The normalized spacial score (nSPS) is 12.7. The minimum Gasteiger partial charge on any atom is -0.465 e. The van der Waals surface area contributed by atoms with Crippen LogP contribution in [0.2, 0.25) is 0 Å². The lowest BCUT2D eigenvalue weighted by atomic mass is 10.3. The van der Waals surface area contributed by atoms with E-state index in [9.17, 15) is 4.79 Å². The van der Waals surface area contributed by atoms with E-state index in [0.717, 1.165) is 0 Å². The summed E-state index contributed by atoms with van der Waals surface area (Å²) in [6.07, 6.45) is -0.653. The topological polar surface area (TPSA) is 66.6 Å². The highest BCUT2D eigenvalue weighted by atomic mass is 16.4. The molecule has 0 saturated carbocycles. The van der Waals surface area contributed by atoms with E-state index in [4.69, 9.17) is 10.8 Å². The molecule has 0 aromatic carbocycles. The van der Waals surface area contributed by atoms with Crippen LogP contribution in [-0.2, 0) is 0 Å². The first-order chi connectivity index (χ1) is 4.63. The van der Waals surface area contributed by atoms with Gasteiger partial charge in [-0.2, -0.15) is 0 Å². The summed E-state index contributed by atoms with van der Waals surface area (Å²) in [7, 11) is 0. The van der Waals surface area contributed by atoms with Crippen LogP contribution in [0.1, 0.15) is 20.3 Å². The van der Waals surface area contributed by atoms with Gasteiger partial charge in [-0.25, -0.2) is 4.79 Å². The molecule has 1 amide bonds. The van der Waals surface area contributed by atoms with Crippen LogP contribution < -0.4 is 5.73 Å². The second-order valence-electron chi connectivity index (χ2n) is 2.04. The number of nitrogens with two attached hydrogens (primary N) is 1. The molecule has 0 aliphatic carbocycles. The first-order valence-corrected chi connectivity index (χ1v) is 3.38. The van der Waals surface area contributed by atoms with Gasteiger partial charge in [-0.3, -0.25) is 4.90 Å². The van der Waals surface area contributed by atoms with E-state index in [0.29, 0.717) is 13.0 Å². The standard InChI is InChI=1S/C6H14N2O2/c1-3-5(7)8(4-2)6(9)10/h5H,3-4,7H2,1-2H3,(H,9,10). The van der Waals surface area contributed by atoms with Crippen molar-refractivity contribution in [2.24, 2.45) is 5.73 Å². The molecule has 4 heteroatoms. The zero-order valence-corrected chi connectivity index (χ0v) is 6.37. The molecule has 3 N–H and O–H groups in total. The minimum absolute atomic E-state index is 0.359. The van der Waals surface area contributed by atoms with Crippen LogP contribution in [0.5, 0.6) is 0 Å². The van der Waals surface area contributed by atoms with E-state index in [-0.39, 0.29) is 6.17 Å². The Hall–Kier alpha value is -0.770. The van der Waals surface area contributed by atoms with Gasteiger partial charge >= 0.3 is 6.09 Å². The zero-order chi connectivity index (χ0) is 8.15. The highest BCUT2D eigenvalue weighted by Gasteiger charge is 2.14. The van der Waals surface area contributed by atoms with Crippen LogP contribution >= 0.6 is 0 Å². The Morgan fingerprint density at radius 2 is 2.20 bits per heavy atom. The molecule has 0 aliphatic rings. The Morgan fingerprint density at radius 1 is 1.70 bits per heavy atom. The van der Waals surface area contributed by atoms with Gasteiger partial charge in [0.1, 0.15) is 0 Å². The molecule has 10 heavy (non-hydrogen) atoms. The number of rotatable bonds is 3. The number of carbonyl (C=O) groups is 1. The van der Waals surface area contributed by atoms with Crippen molar-refractivity contribution in [3.8, 4) is 0 Å². The van der Waals surface area contributed by atoms with Crippen molar-refractivity contribution >= 4 is 6.09 Å². The fourth-order valence-electron chi connectivity index (χ4n) is 0.732. The van der Waals surface area contributed by atoms with Crippen LogP contribution in [-0.4, -0.2) is 28.8 Å². The maximum absolute atomic E-state index is 10.4. The Bertz CT molecular complexity index is 116. The van der Waals surface area contributed by atoms with E-state index in [2.05, 4.69) is 0 Å². The second-order valence-corrected chi connectivity index (χ2v) is 2.04. The largest absolute Gasteiger partial charge is 0.465 e. The second kappa shape index (κ2) is 4.11. The highest BCUT2D eigenvalue weighted by molar-refractivity contribution is 5.65. The Labute approximate surface area is 60.6 Å².